The number of carbonyl (C=O) groups excluding carboxylic acids is 2. The van der Waals surface area contributed by atoms with Crippen LogP contribution in [0.3, 0.4) is 0 Å². The molecule has 3 heterocycles. The van der Waals surface area contributed by atoms with Crippen molar-refractivity contribution in [3.63, 3.8) is 0 Å². The molecule has 0 aromatic carbocycles. The number of amides is 2. The zero-order valence-corrected chi connectivity index (χ0v) is 11.8. The summed E-state index contributed by atoms with van der Waals surface area (Å²) in [5.74, 6) is 0.162. The molecule has 1 aromatic rings. The van der Waals surface area contributed by atoms with Gasteiger partial charge < -0.3 is 4.74 Å². The van der Waals surface area contributed by atoms with E-state index in [1.165, 1.54) is 12.0 Å². The van der Waals surface area contributed by atoms with Crippen LogP contribution in [-0.4, -0.2) is 40.2 Å². The van der Waals surface area contributed by atoms with Crippen molar-refractivity contribution in [3.05, 3.63) is 23.4 Å². The molecule has 2 aliphatic heterocycles. The summed E-state index contributed by atoms with van der Waals surface area (Å²) in [6.45, 7) is 5.55. The molecular weight excluding hydrogens is 258 g/mol. The molecule has 6 nitrogen and oxygen atoms in total. The molecule has 1 unspecified atom stereocenters. The standard InChI is InChI=1S/C14H15N3O3/c1-7(2)14(3)13(19)16-11-10-8(12(18)17(11)14)5-6-9(15-10)20-4/h5-7H,1-4H3. The number of aromatic nitrogens is 1. The molecule has 2 amide bonds. The van der Waals surface area contributed by atoms with E-state index in [2.05, 4.69) is 9.98 Å². The first-order valence-electron chi connectivity index (χ1n) is 6.44. The highest BCUT2D eigenvalue weighted by molar-refractivity contribution is 6.29. The van der Waals surface area contributed by atoms with Gasteiger partial charge in [-0.05, 0) is 18.9 Å². The monoisotopic (exact) mass is 273 g/mol. The second kappa shape index (κ2) is 3.88. The van der Waals surface area contributed by atoms with Crippen LogP contribution in [0.25, 0.3) is 0 Å². The van der Waals surface area contributed by atoms with E-state index in [1.54, 1.807) is 19.1 Å². The van der Waals surface area contributed by atoms with Gasteiger partial charge in [0.2, 0.25) is 5.88 Å². The zero-order valence-electron chi connectivity index (χ0n) is 11.8. The summed E-state index contributed by atoms with van der Waals surface area (Å²) in [4.78, 5) is 34.6. The lowest BCUT2D eigenvalue weighted by molar-refractivity contribution is -0.126. The number of hydrogen-bond donors (Lipinski definition) is 0. The molecule has 104 valence electrons. The van der Waals surface area contributed by atoms with Crippen LogP contribution in [0.5, 0.6) is 5.88 Å². The fourth-order valence-electron chi connectivity index (χ4n) is 2.56. The molecule has 0 aliphatic carbocycles. The van der Waals surface area contributed by atoms with Gasteiger partial charge in [-0.3, -0.25) is 14.5 Å². The molecule has 6 heteroatoms. The first-order chi connectivity index (χ1) is 9.41. The number of rotatable bonds is 2. The van der Waals surface area contributed by atoms with Gasteiger partial charge in [-0.15, -0.1) is 0 Å². The van der Waals surface area contributed by atoms with E-state index in [-0.39, 0.29) is 17.7 Å². The highest BCUT2D eigenvalue weighted by atomic mass is 16.5. The van der Waals surface area contributed by atoms with Crippen molar-refractivity contribution in [1.82, 2.24) is 9.88 Å². The molecule has 0 saturated carbocycles. The third kappa shape index (κ3) is 1.33. The topological polar surface area (TPSA) is 71.9 Å². The van der Waals surface area contributed by atoms with Crippen LogP contribution in [0.4, 0.5) is 0 Å². The van der Waals surface area contributed by atoms with Crippen LogP contribution in [0.15, 0.2) is 17.1 Å². The van der Waals surface area contributed by atoms with Gasteiger partial charge in [0, 0.05) is 6.07 Å². The molecule has 2 aliphatic rings. The molecule has 0 bridgehead atoms. The molecule has 20 heavy (non-hydrogen) atoms. The van der Waals surface area contributed by atoms with Crippen molar-refractivity contribution in [2.75, 3.05) is 7.11 Å². The lowest BCUT2D eigenvalue weighted by Crippen LogP contribution is -2.53. The fourth-order valence-corrected chi connectivity index (χ4v) is 2.56. The summed E-state index contributed by atoms with van der Waals surface area (Å²) in [7, 11) is 1.50. The predicted octanol–water partition coefficient (Wildman–Crippen LogP) is 1.25. The van der Waals surface area contributed by atoms with Crippen LogP contribution < -0.4 is 4.74 Å². The Kier molecular flexibility index (Phi) is 2.48. The fraction of sp³-hybridized carbons (Fsp3) is 0.429. The van der Waals surface area contributed by atoms with Gasteiger partial charge in [0.15, 0.2) is 5.84 Å². The largest absolute Gasteiger partial charge is 0.481 e. The van der Waals surface area contributed by atoms with Gasteiger partial charge in [0.05, 0.1) is 12.7 Å². The molecule has 0 saturated heterocycles. The van der Waals surface area contributed by atoms with Crippen molar-refractivity contribution in [1.29, 1.82) is 0 Å². The summed E-state index contributed by atoms with van der Waals surface area (Å²) in [6, 6.07) is 3.30. The summed E-state index contributed by atoms with van der Waals surface area (Å²) in [5, 5.41) is 0. The van der Waals surface area contributed by atoms with E-state index in [0.29, 0.717) is 23.0 Å². The number of pyridine rings is 1. The van der Waals surface area contributed by atoms with Crippen molar-refractivity contribution in [3.8, 4) is 5.88 Å². The van der Waals surface area contributed by atoms with E-state index >= 15 is 0 Å². The van der Waals surface area contributed by atoms with Gasteiger partial charge in [-0.25, -0.2) is 4.98 Å². The van der Waals surface area contributed by atoms with Crippen LogP contribution in [-0.2, 0) is 4.79 Å². The van der Waals surface area contributed by atoms with Crippen LogP contribution >= 0.6 is 0 Å². The van der Waals surface area contributed by atoms with Crippen molar-refractivity contribution < 1.29 is 14.3 Å². The smallest absolute Gasteiger partial charge is 0.274 e. The average molecular weight is 273 g/mol. The van der Waals surface area contributed by atoms with Crippen LogP contribution in [0.2, 0.25) is 0 Å². The van der Waals surface area contributed by atoms with Gasteiger partial charge in [-0.2, -0.15) is 4.99 Å². The number of amidine groups is 1. The van der Waals surface area contributed by atoms with E-state index < -0.39 is 5.54 Å². The van der Waals surface area contributed by atoms with E-state index in [1.807, 2.05) is 13.8 Å². The highest BCUT2D eigenvalue weighted by Crippen LogP contribution is 2.39. The number of carbonyl (C=O) groups is 2. The molecule has 0 spiro atoms. The Bertz CT molecular complexity index is 666. The molecular formula is C14H15N3O3. The lowest BCUT2D eigenvalue weighted by atomic mass is 9.87. The Morgan fingerprint density at radius 2 is 2.00 bits per heavy atom. The predicted molar refractivity (Wildman–Crippen MR) is 71.7 cm³/mol. The number of aliphatic imine (C=N–C) groups is 1. The molecule has 0 radical (unpaired) electrons. The Morgan fingerprint density at radius 3 is 2.60 bits per heavy atom. The Morgan fingerprint density at radius 1 is 1.30 bits per heavy atom. The molecule has 1 atom stereocenters. The quantitative estimate of drug-likeness (QED) is 0.813. The third-order valence-electron chi connectivity index (χ3n) is 4.17. The minimum atomic E-state index is -0.944. The van der Waals surface area contributed by atoms with Crippen LogP contribution in [0.1, 0.15) is 36.8 Å². The maximum atomic E-state index is 12.6. The third-order valence-corrected chi connectivity index (χ3v) is 4.17. The normalized spacial score (nSPS) is 24.1. The second-order valence-corrected chi connectivity index (χ2v) is 5.43. The Balaban J connectivity index is 2.19. The molecule has 0 N–H and O–H groups in total. The Hall–Kier alpha value is -2.24. The first kappa shape index (κ1) is 12.8. The number of hydrogen-bond acceptors (Lipinski definition) is 4. The number of ether oxygens (including phenoxy) is 1. The van der Waals surface area contributed by atoms with E-state index in [9.17, 15) is 9.59 Å². The van der Waals surface area contributed by atoms with Gasteiger partial charge in [0.1, 0.15) is 11.2 Å². The lowest BCUT2D eigenvalue weighted by Gasteiger charge is -2.34. The number of nitrogens with zero attached hydrogens (tertiary/aromatic N) is 3. The maximum Gasteiger partial charge on any atom is 0.274 e. The van der Waals surface area contributed by atoms with Gasteiger partial charge in [-0.1, -0.05) is 13.8 Å². The molecule has 0 fully saturated rings. The highest BCUT2D eigenvalue weighted by Gasteiger charge is 2.56. The molecule has 1 aromatic heterocycles. The van der Waals surface area contributed by atoms with E-state index in [0.717, 1.165) is 0 Å². The van der Waals surface area contributed by atoms with Crippen molar-refractivity contribution >= 4 is 17.6 Å². The zero-order chi connectivity index (χ0) is 14.7. The minimum Gasteiger partial charge on any atom is -0.481 e. The summed E-state index contributed by atoms with van der Waals surface area (Å²) in [6.07, 6.45) is 0. The van der Waals surface area contributed by atoms with Crippen molar-refractivity contribution in [2.45, 2.75) is 26.3 Å². The summed E-state index contributed by atoms with van der Waals surface area (Å²) >= 11 is 0. The first-order valence-corrected chi connectivity index (χ1v) is 6.44. The SMILES string of the molecule is COc1ccc2c(n1)C1=NC(=O)C(C)(C(C)C)N1C2=O. The number of fused-ring (bicyclic) bond motifs is 3. The Labute approximate surface area is 116 Å². The maximum absolute atomic E-state index is 12.6. The number of methoxy groups -OCH3 is 1. The summed E-state index contributed by atoms with van der Waals surface area (Å²) in [5.41, 5.74) is -0.0589. The summed E-state index contributed by atoms with van der Waals surface area (Å²) < 4.78 is 5.07. The second-order valence-electron chi connectivity index (χ2n) is 5.43. The minimum absolute atomic E-state index is 0.0450. The van der Waals surface area contributed by atoms with Gasteiger partial charge in [0.25, 0.3) is 11.8 Å². The van der Waals surface area contributed by atoms with Crippen molar-refractivity contribution in [2.24, 2.45) is 10.9 Å². The van der Waals surface area contributed by atoms with Crippen LogP contribution in [0, 0.1) is 5.92 Å². The van der Waals surface area contributed by atoms with Gasteiger partial charge >= 0.3 is 0 Å². The van der Waals surface area contributed by atoms with E-state index in [4.69, 9.17) is 4.74 Å². The molecule has 3 rings (SSSR count). The average Bonchev–Trinajstić information content (AvgIpc) is 2.85.